The van der Waals surface area contributed by atoms with E-state index in [1.165, 1.54) is 5.00 Å². The summed E-state index contributed by atoms with van der Waals surface area (Å²) in [5, 5.41) is 3.37. The first-order valence-corrected chi connectivity index (χ1v) is 3.68. The predicted molar refractivity (Wildman–Crippen MR) is 37.0 cm³/mol. The van der Waals surface area contributed by atoms with Gasteiger partial charge in [-0.15, -0.1) is 0 Å². The van der Waals surface area contributed by atoms with E-state index in [2.05, 4.69) is 16.0 Å². The lowest BCUT2D eigenvalue weighted by Gasteiger charge is -1.84. The number of fused-ring (bicyclic) bond motifs is 1. The van der Waals surface area contributed by atoms with Crippen LogP contribution in [-0.4, -0.2) is 0 Å². The Bertz CT molecular complexity index is 249. The second kappa shape index (κ2) is 1.81. The van der Waals surface area contributed by atoms with Gasteiger partial charge in [-0.3, -0.25) is 0 Å². The Kier molecular flexibility index (Phi) is 0.993. The van der Waals surface area contributed by atoms with Gasteiger partial charge in [-0.05, 0) is 0 Å². The first-order chi connectivity index (χ1) is 4.47. The van der Waals surface area contributed by atoms with Crippen LogP contribution >= 0.6 is 11.3 Å². The maximum atomic E-state index is 2.10. The van der Waals surface area contributed by atoms with Gasteiger partial charge in [0.1, 0.15) is 0 Å². The zero-order chi connectivity index (χ0) is 6.10. The van der Waals surface area contributed by atoms with Crippen LogP contribution in [0.3, 0.4) is 0 Å². The summed E-state index contributed by atoms with van der Waals surface area (Å²) >= 11 is 1.75. The Morgan fingerprint density at radius 2 is 2.11 bits per heavy atom. The van der Waals surface area contributed by atoms with Crippen molar-refractivity contribution in [2.45, 2.75) is 0 Å². The smallest absolute Gasteiger partial charge is 0.158 e. The van der Waals surface area contributed by atoms with E-state index in [4.69, 9.17) is 0 Å². The molecule has 0 aliphatic carbocycles. The fourth-order valence-electron chi connectivity index (χ4n) is 0.838. The van der Waals surface area contributed by atoms with Crippen molar-refractivity contribution in [1.82, 2.24) is 0 Å². The molecule has 0 fully saturated rings. The van der Waals surface area contributed by atoms with Gasteiger partial charge in [-0.2, -0.15) is 4.57 Å². The van der Waals surface area contributed by atoms with E-state index in [0.717, 1.165) is 0 Å². The Labute approximate surface area is 57.5 Å². The molecule has 0 atom stereocenters. The van der Waals surface area contributed by atoms with Gasteiger partial charge in [0.25, 0.3) is 5.00 Å². The van der Waals surface area contributed by atoms with Crippen molar-refractivity contribution >= 4 is 11.3 Å². The van der Waals surface area contributed by atoms with Crippen LogP contribution in [0, 0.1) is 0 Å². The molecule has 1 nitrogen and oxygen atoms in total. The summed E-state index contributed by atoms with van der Waals surface area (Å²) in [7, 11) is 0. The van der Waals surface area contributed by atoms with Crippen molar-refractivity contribution in [2.75, 3.05) is 0 Å². The number of nitrogens with zero attached hydrogens (tertiary/aromatic N) is 1. The van der Waals surface area contributed by atoms with Crippen LogP contribution in [0.2, 0.25) is 0 Å². The van der Waals surface area contributed by atoms with E-state index in [0.29, 0.717) is 0 Å². The molecule has 0 saturated heterocycles. The Morgan fingerprint density at radius 3 is 3.00 bits per heavy atom. The Morgan fingerprint density at radius 1 is 1.22 bits per heavy atom. The van der Waals surface area contributed by atoms with Gasteiger partial charge >= 0.3 is 0 Å². The van der Waals surface area contributed by atoms with E-state index in [1.807, 2.05) is 24.5 Å². The van der Waals surface area contributed by atoms with Gasteiger partial charge < -0.3 is 0 Å². The lowest BCUT2D eigenvalue weighted by Crippen LogP contribution is -2.24. The molecule has 0 aromatic rings. The highest BCUT2D eigenvalue weighted by atomic mass is 32.1. The van der Waals surface area contributed by atoms with Gasteiger partial charge in [0.2, 0.25) is 0 Å². The normalized spacial score (nSPS) is 10.2. The second-order valence-electron chi connectivity index (χ2n) is 1.85. The van der Waals surface area contributed by atoms with E-state index >= 15 is 0 Å². The highest BCUT2D eigenvalue weighted by molar-refractivity contribution is 7.11. The monoisotopic (exact) mass is 136 g/mol. The van der Waals surface area contributed by atoms with Crippen LogP contribution in [0.5, 0.6) is 0 Å². The average molecular weight is 136 g/mol. The van der Waals surface area contributed by atoms with Crippen LogP contribution in [-0.2, 0) is 0 Å². The molecule has 2 aliphatic rings. The van der Waals surface area contributed by atoms with Crippen LogP contribution in [0.15, 0.2) is 36.0 Å². The maximum Gasteiger partial charge on any atom is 0.266 e. The summed E-state index contributed by atoms with van der Waals surface area (Å²) in [6.07, 6.45) is 4.09. The van der Waals surface area contributed by atoms with E-state index in [9.17, 15) is 0 Å². The lowest BCUT2D eigenvalue weighted by molar-refractivity contribution is -0.588. The van der Waals surface area contributed by atoms with E-state index in [-0.39, 0.29) is 0 Å². The van der Waals surface area contributed by atoms with Crippen molar-refractivity contribution in [3.63, 3.8) is 0 Å². The van der Waals surface area contributed by atoms with Crippen LogP contribution in [0.25, 0.3) is 5.00 Å². The number of hydrogen-bond acceptors (Lipinski definition) is 1. The maximum absolute atomic E-state index is 2.10. The Hall–Kier alpha value is -0.890. The lowest BCUT2D eigenvalue weighted by atomic mass is 10.7. The summed E-state index contributed by atoms with van der Waals surface area (Å²) in [6.45, 7) is 0. The minimum atomic E-state index is 1.29. The van der Waals surface area contributed by atoms with Crippen molar-refractivity contribution in [3.05, 3.63) is 36.0 Å². The van der Waals surface area contributed by atoms with E-state index in [1.54, 1.807) is 11.3 Å². The number of aromatic nitrogens is 1. The minimum absolute atomic E-state index is 1.29. The minimum Gasteiger partial charge on any atom is -0.158 e. The molecule has 0 N–H and O–H groups in total. The Balaban J connectivity index is 2.79. The molecule has 0 saturated carbocycles. The second-order valence-corrected chi connectivity index (χ2v) is 2.78. The zero-order valence-corrected chi connectivity index (χ0v) is 5.64. The van der Waals surface area contributed by atoms with Crippen LogP contribution in [0.4, 0.5) is 0 Å². The standard InChI is InChI=1S/C7H6NS/c1-3-7-8(4-1)5-2-6-9-7/h1-6H/q+1. The highest BCUT2D eigenvalue weighted by Gasteiger charge is 2.05. The first-order valence-electron chi connectivity index (χ1n) is 2.80. The molecule has 0 spiro atoms. The summed E-state index contributed by atoms with van der Waals surface area (Å²) in [6, 6.07) is 6.19. The van der Waals surface area contributed by atoms with Gasteiger partial charge in [0.15, 0.2) is 12.4 Å². The van der Waals surface area contributed by atoms with Crippen LogP contribution in [0.1, 0.15) is 0 Å². The average Bonchev–Trinajstić information content (AvgIpc) is 2.33. The quantitative estimate of drug-likeness (QED) is 0.483. The van der Waals surface area contributed by atoms with Crippen LogP contribution < -0.4 is 4.57 Å². The molecule has 2 rings (SSSR count). The van der Waals surface area contributed by atoms with Gasteiger partial charge in [0, 0.05) is 23.6 Å². The molecule has 0 amide bonds. The third-order valence-corrected chi connectivity index (χ3v) is 2.14. The third kappa shape index (κ3) is 0.715. The predicted octanol–water partition coefficient (Wildman–Crippen LogP) is 1.46. The molecule has 2 heterocycles. The van der Waals surface area contributed by atoms with Crippen molar-refractivity contribution in [2.24, 2.45) is 0 Å². The molecule has 2 aliphatic heterocycles. The first kappa shape index (κ1) is 4.94. The van der Waals surface area contributed by atoms with Crippen molar-refractivity contribution in [1.29, 1.82) is 0 Å². The molecular weight excluding hydrogens is 130 g/mol. The molecule has 9 heavy (non-hydrogen) atoms. The molecule has 0 aromatic carbocycles. The van der Waals surface area contributed by atoms with E-state index < -0.39 is 0 Å². The molecule has 0 aromatic heterocycles. The SMILES string of the molecule is c1csc2ccc[n+]-2c1. The fourth-order valence-corrected chi connectivity index (χ4v) is 1.53. The largest absolute Gasteiger partial charge is 0.266 e. The summed E-state index contributed by atoms with van der Waals surface area (Å²) in [4.78, 5) is 0. The molecular formula is C7H6NS+. The van der Waals surface area contributed by atoms with Crippen molar-refractivity contribution in [3.8, 4) is 5.00 Å². The molecule has 0 bridgehead atoms. The third-order valence-electron chi connectivity index (χ3n) is 1.25. The number of hydrogen-bond donors (Lipinski definition) is 0. The topological polar surface area (TPSA) is 3.88 Å². The highest BCUT2D eigenvalue weighted by Crippen LogP contribution is 2.05. The zero-order valence-electron chi connectivity index (χ0n) is 4.82. The molecule has 0 unspecified atom stereocenters. The van der Waals surface area contributed by atoms with Gasteiger partial charge in [0.05, 0.1) is 0 Å². The van der Waals surface area contributed by atoms with Crippen molar-refractivity contribution < 1.29 is 4.57 Å². The molecule has 44 valence electrons. The fraction of sp³-hybridized carbons (Fsp3) is 0. The summed E-state index contributed by atoms with van der Waals surface area (Å²) < 4.78 is 2.10. The summed E-state index contributed by atoms with van der Waals surface area (Å²) in [5.74, 6) is 0. The van der Waals surface area contributed by atoms with Gasteiger partial charge in [-0.1, -0.05) is 11.3 Å². The van der Waals surface area contributed by atoms with Gasteiger partial charge in [-0.25, -0.2) is 0 Å². The number of rotatable bonds is 0. The molecule has 2 heteroatoms. The summed E-state index contributed by atoms with van der Waals surface area (Å²) in [5.41, 5.74) is 0. The molecule has 0 radical (unpaired) electrons.